The lowest BCUT2D eigenvalue weighted by Crippen LogP contribution is -2.30. The number of carbonyl (C=O) groups excluding carboxylic acids is 1. The van der Waals surface area contributed by atoms with E-state index < -0.39 is 6.10 Å². The van der Waals surface area contributed by atoms with Gasteiger partial charge in [0.1, 0.15) is 5.75 Å². The first-order chi connectivity index (χ1) is 11.0. The van der Waals surface area contributed by atoms with Crippen molar-refractivity contribution >= 4 is 27.5 Å². The average Bonchev–Trinajstić information content (AvgIpc) is 2.56. The molecule has 1 atom stereocenters. The smallest absolute Gasteiger partial charge is 0.265 e. The van der Waals surface area contributed by atoms with Crippen LogP contribution in [0.4, 0.5) is 5.69 Å². The van der Waals surface area contributed by atoms with Crippen molar-refractivity contribution in [1.82, 2.24) is 0 Å². The monoisotopic (exact) mass is 375 g/mol. The molecule has 0 radical (unpaired) electrons. The van der Waals surface area contributed by atoms with Gasteiger partial charge in [0.25, 0.3) is 5.91 Å². The zero-order valence-corrected chi connectivity index (χ0v) is 15.3. The average molecular weight is 376 g/mol. The van der Waals surface area contributed by atoms with Crippen molar-refractivity contribution in [2.45, 2.75) is 39.7 Å². The van der Waals surface area contributed by atoms with Gasteiger partial charge in [0.2, 0.25) is 0 Å². The van der Waals surface area contributed by atoms with Gasteiger partial charge in [-0.25, -0.2) is 0 Å². The summed E-state index contributed by atoms with van der Waals surface area (Å²) >= 11 is 3.50. The first-order valence-electron chi connectivity index (χ1n) is 7.88. The summed E-state index contributed by atoms with van der Waals surface area (Å²) in [6, 6.07) is 13.8. The van der Waals surface area contributed by atoms with Crippen LogP contribution in [-0.4, -0.2) is 12.0 Å². The highest BCUT2D eigenvalue weighted by Crippen LogP contribution is 2.24. The minimum Gasteiger partial charge on any atom is -0.481 e. The molecule has 0 saturated heterocycles. The Morgan fingerprint density at radius 3 is 2.48 bits per heavy atom. The Morgan fingerprint density at radius 1 is 1.13 bits per heavy atom. The fourth-order valence-corrected chi connectivity index (χ4v) is 2.74. The minimum absolute atomic E-state index is 0.170. The van der Waals surface area contributed by atoms with Crippen LogP contribution in [-0.2, 0) is 17.6 Å². The molecule has 0 heterocycles. The molecule has 122 valence electrons. The molecule has 0 bridgehead atoms. The van der Waals surface area contributed by atoms with Crippen LogP contribution in [0, 0.1) is 0 Å². The second-order valence-corrected chi connectivity index (χ2v) is 6.27. The van der Waals surface area contributed by atoms with E-state index in [9.17, 15) is 4.79 Å². The topological polar surface area (TPSA) is 38.3 Å². The molecule has 3 nitrogen and oxygen atoms in total. The summed E-state index contributed by atoms with van der Waals surface area (Å²) in [6.07, 6.45) is 1.33. The zero-order valence-electron chi connectivity index (χ0n) is 13.7. The Bertz CT molecular complexity index is 685. The van der Waals surface area contributed by atoms with E-state index in [4.69, 9.17) is 4.74 Å². The molecular weight excluding hydrogens is 354 g/mol. The molecule has 0 aliphatic carbocycles. The maximum atomic E-state index is 12.3. The van der Waals surface area contributed by atoms with Crippen molar-refractivity contribution in [2.75, 3.05) is 5.32 Å². The Morgan fingerprint density at radius 2 is 1.83 bits per heavy atom. The number of hydrogen-bond donors (Lipinski definition) is 1. The molecule has 0 aliphatic rings. The molecule has 4 heteroatoms. The number of rotatable bonds is 6. The van der Waals surface area contributed by atoms with Gasteiger partial charge in [0.05, 0.1) is 5.69 Å². The molecule has 0 aromatic heterocycles. The van der Waals surface area contributed by atoms with Crippen molar-refractivity contribution in [3.63, 3.8) is 0 Å². The summed E-state index contributed by atoms with van der Waals surface area (Å²) in [7, 11) is 0. The molecule has 2 aromatic carbocycles. The molecule has 1 amide bonds. The second-order valence-electron chi connectivity index (χ2n) is 5.42. The Hall–Kier alpha value is -1.81. The quantitative estimate of drug-likeness (QED) is 0.772. The highest BCUT2D eigenvalue weighted by atomic mass is 79.9. The van der Waals surface area contributed by atoms with Gasteiger partial charge in [-0.1, -0.05) is 32.0 Å². The van der Waals surface area contributed by atoms with Crippen LogP contribution in [0.2, 0.25) is 0 Å². The molecule has 1 N–H and O–H groups in total. The minimum atomic E-state index is -0.570. The first kappa shape index (κ1) is 17.5. The number of hydrogen-bond acceptors (Lipinski definition) is 2. The number of carbonyl (C=O) groups is 1. The SMILES string of the molecule is CCc1cccc(OC(C)C(=O)Nc2ccc(CC)cc2Br)c1. The Balaban J connectivity index is 2.02. The van der Waals surface area contributed by atoms with Gasteiger partial charge < -0.3 is 10.1 Å². The van der Waals surface area contributed by atoms with Crippen molar-refractivity contribution in [3.8, 4) is 5.75 Å². The Labute approximate surface area is 146 Å². The highest BCUT2D eigenvalue weighted by molar-refractivity contribution is 9.10. The summed E-state index contributed by atoms with van der Waals surface area (Å²) < 4.78 is 6.63. The standard InChI is InChI=1S/C19H22BrNO2/c1-4-14-7-6-8-16(11-14)23-13(3)19(22)21-18-10-9-15(5-2)12-17(18)20/h6-13H,4-5H2,1-3H3,(H,21,22). The molecule has 0 spiro atoms. The van der Waals surface area contributed by atoms with E-state index in [1.807, 2.05) is 42.5 Å². The van der Waals surface area contributed by atoms with E-state index in [1.165, 1.54) is 11.1 Å². The van der Waals surface area contributed by atoms with Gasteiger partial charge in [-0.05, 0) is 71.1 Å². The van der Waals surface area contributed by atoms with Gasteiger partial charge in [-0.2, -0.15) is 0 Å². The van der Waals surface area contributed by atoms with Gasteiger partial charge in [-0.15, -0.1) is 0 Å². The molecule has 1 unspecified atom stereocenters. The van der Waals surface area contributed by atoms with Gasteiger partial charge in [0, 0.05) is 4.47 Å². The predicted molar refractivity (Wildman–Crippen MR) is 98.1 cm³/mol. The number of amides is 1. The summed E-state index contributed by atoms with van der Waals surface area (Å²) in [4.78, 5) is 12.3. The third-order valence-electron chi connectivity index (χ3n) is 3.69. The number of aryl methyl sites for hydroxylation is 2. The van der Waals surface area contributed by atoms with Crippen LogP contribution < -0.4 is 10.1 Å². The molecule has 2 rings (SSSR count). The molecule has 23 heavy (non-hydrogen) atoms. The maximum absolute atomic E-state index is 12.3. The van der Waals surface area contributed by atoms with Crippen LogP contribution in [0.15, 0.2) is 46.9 Å². The number of anilines is 1. The van der Waals surface area contributed by atoms with Crippen molar-refractivity contribution < 1.29 is 9.53 Å². The second kappa shape index (κ2) is 8.16. The molecule has 0 aliphatic heterocycles. The summed E-state index contributed by atoms with van der Waals surface area (Å²) in [5.74, 6) is 0.546. The normalized spacial score (nSPS) is 11.8. The number of benzene rings is 2. The maximum Gasteiger partial charge on any atom is 0.265 e. The molecular formula is C19H22BrNO2. The number of nitrogens with one attached hydrogen (secondary N) is 1. The van der Waals surface area contributed by atoms with Crippen LogP contribution in [0.5, 0.6) is 5.75 Å². The van der Waals surface area contributed by atoms with Crippen LogP contribution in [0.1, 0.15) is 31.9 Å². The van der Waals surface area contributed by atoms with E-state index in [-0.39, 0.29) is 5.91 Å². The third kappa shape index (κ3) is 4.83. The predicted octanol–water partition coefficient (Wildman–Crippen LogP) is 4.98. The number of halogens is 1. The van der Waals surface area contributed by atoms with Crippen molar-refractivity contribution in [1.29, 1.82) is 0 Å². The third-order valence-corrected chi connectivity index (χ3v) is 4.34. The summed E-state index contributed by atoms with van der Waals surface area (Å²) in [5.41, 5.74) is 3.16. The fraction of sp³-hybridized carbons (Fsp3) is 0.316. The largest absolute Gasteiger partial charge is 0.481 e. The summed E-state index contributed by atoms with van der Waals surface area (Å²) in [6.45, 7) is 5.94. The highest BCUT2D eigenvalue weighted by Gasteiger charge is 2.16. The van der Waals surface area contributed by atoms with E-state index in [2.05, 4.69) is 35.1 Å². The molecule has 0 saturated carbocycles. The van der Waals surface area contributed by atoms with Gasteiger partial charge in [-0.3, -0.25) is 4.79 Å². The van der Waals surface area contributed by atoms with E-state index in [0.717, 1.165) is 23.0 Å². The lowest BCUT2D eigenvalue weighted by molar-refractivity contribution is -0.122. The molecule has 0 fully saturated rings. The van der Waals surface area contributed by atoms with E-state index >= 15 is 0 Å². The van der Waals surface area contributed by atoms with Gasteiger partial charge in [0.15, 0.2) is 6.10 Å². The van der Waals surface area contributed by atoms with Crippen molar-refractivity contribution in [2.24, 2.45) is 0 Å². The number of ether oxygens (including phenoxy) is 1. The summed E-state index contributed by atoms with van der Waals surface area (Å²) in [5, 5.41) is 2.90. The lowest BCUT2D eigenvalue weighted by Gasteiger charge is -2.16. The van der Waals surface area contributed by atoms with Crippen LogP contribution >= 0.6 is 15.9 Å². The van der Waals surface area contributed by atoms with Crippen LogP contribution in [0.25, 0.3) is 0 Å². The van der Waals surface area contributed by atoms with E-state index in [1.54, 1.807) is 6.92 Å². The zero-order chi connectivity index (χ0) is 16.8. The lowest BCUT2D eigenvalue weighted by atomic mass is 10.1. The van der Waals surface area contributed by atoms with Gasteiger partial charge >= 0.3 is 0 Å². The molecule has 2 aromatic rings. The fourth-order valence-electron chi connectivity index (χ4n) is 2.21. The van der Waals surface area contributed by atoms with E-state index in [0.29, 0.717) is 5.75 Å². The van der Waals surface area contributed by atoms with Crippen molar-refractivity contribution in [3.05, 3.63) is 58.1 Å². The Kier molecular flexibility index (Phi) is 6.22. The first-order valence-corrected chi connectivity index (χ1v) is 8.67. The van der Waals surface area contributed by atoms with Crippen LogP contribution in [0.3, 0.4) is 0 Å².